The average Bonchev–Trinajstić information content (AvgIpc) is 2.78. The van der Waals surface area contributed by atoms with Gasteiger partial charge in [0.2, 0.25) is 11.8 Å². The number of hydrogen-bond acceptors (Lipinski definition) is 7. The van der Waals surface area contributed by atoms with Crippen molar-refractivity contribution in [2.45, 2.75) is 12.5 Å². The normalized spacial score (nSPS) is 20.5. The van der Waals surface area contributed by atoms with Gasteiger partial charge in [-0.25, -0.2) is 0 Å². The van der Waals surface area contributed by atoms with Crippen LogP contribution < -0.4 is 16.4 Å². The number of primary amides is 1. The fourth-order valence-electron chi connectivity index (χ4n) is 1.65. The molecule has 4 N–H and O–H groups in total. The SMILES string of the molecule is NCCc1nnc(N2CCOCC2C(N)=O)o1. The van der Waals surface area contributed by atoms with Crippen molar-refractivity contribution in [3.05, 3.63) is 5.89 Å². The van der Waals surface area contributed by atoms with Gasteiger partial charge in [-0.2, -0.15) is 0 Å². The summed E-state index contributed by atoms with van der Waals surface area (Å²) in [7, 11) is 0. The lowest BCUT2D eigenvalue weighted by Gasteiger charge is -2.31. The van der Waals surface area contributed by atoms with E-state index in [0.29, 0.717) is 38.0 Å². The number of anilines is 1. The summed E-state index contributed by atoms with van der Waals surface area (Å²) in [6.07, 6.45) is 0.512. The molecule has 8 heteroatoms. The van der Waals surface area contributed by atoms with E-state index in [1.54, 1.807) is 4.90 Å². The second-order valence-corrected chi connectivity index (χ2v) is 3.70. The topological polar surface area (TPSA) is 120 Å². The predicted octanol–water partition coefficient (Wildman–Crippen LogP) is -1.74. The van der Waals surface area contributed by atoms with Crippen LogP contribution >= 0.6 is 0 Å². The molecule has 2 heterocycles. The molecule has 1 aromatic rings. The zero-order valence-electron chi connectivity index (χ0n) is 9.33. The Morgan fingerprint density at radius 2 is 2.35 bits per heavy atom. The van der Waals surface area contributed by atoms with Crippen LogP contribution in [-0.4, -0.2) is 48.4 Å². The summed E-state index contributed by atoms with van der Waals surface area (Å²) in [5.41, 5.74) is 10.7. The molecule has 1 fully saturated rings. The van der Waals surface area contributed by atoms with Gasteiger partial charge in [0.15, 0.2) is 0 Å². The van der Waals surface area contributed by atoms with Gasteiger partial charge in [-0.05, 0) is 0 Å². The van der Waals surface area contributed by atoms with E-state index in [9.17, 15) is 4.79 Å². The Balaban J connectivity index is 2.14. The van der Waals surface area contributed by atoms with Gasteiger partial charge in [-0.15, -0.1) is 5.10 Å². The quantitative estimate of drug-likeness (QED) is 0.641. The zero-order valence-corrected chi connectivity index (χ0v) is 9.33. The minimum atomic E-state index is -0.560. The van der Waals surface area contributed by atoms with Crippen LogP contribution in [0, 0.1) is 0 Å². The number of aromatic nitrogens is 2. The van der Waals surface area contributed by atoms with Gasteiger partial charge >= 0.3 is 6.01 Å². The Labute approximate surface area is 97.9 Å². The molecule has 1 aromatic heterocycles. The molecule has 0 radical (unpaired) electrons. The van der Waals surface area contributed by atoms with Crippen LogP contribution in [0.4, 0.5) is 6.01 Å². The van der Waals surface area contributed by atoms with Crippen molar-refractivity contribution in [2.75, 3.05) is 31.2 Å². The summed E-state index contributed by atoms with van der Waals surface area (Å²) in [4.78, 5) is 12.9. The third kappa shape index (κ3) is 2.53. The monoisotopic (exact) mass is 241 g/mol. The third-order valence-corrected chi connectivity index (χ3v) is 2.52. The number of nitrogens with zero attached hydrogens (tertiary/aromatic N) is 3. The lowest BCUT2D eigenvalue weighted by molar-refractivity contribution is -0.121. The van der Waals surface area contributed by atoms with Crippen molar-refractivity contribution in [2.24, 2.45) is 11.5 Å². The van der Waals surface area contributed by atoms with E-state index in [1.807, 2.05) is 0 Å². The Morgan fingerprint density at radius 1 is 1.53 bits per heavy atom. The van der Waals surface area contributed by atoms with Crippen LogP contribution in [0.15, 0.2) is 4.42 Å². The van der Waals surface area contributed by atoms with Gasteiger partial charge in [0.1, 0.15) is 6.04 Å². The summed E-state index contributed by atoms with van der Waals surface area (Å²) in [6, 6.07) is -0.268. The number of morpholine rings is 1. The van der Waals surface area contributed by atoms with Crippen molar-refractivity contribution in [3.8, 4) is 0 Å². The van der Waals surface area contributed by atoms with E-state index in [-0.39, 0.29) is 6.61 Å². The van der Waals surface area contributed by atoms with Gasteiger partial charge in [-0.3, -0.25) is 4.79 Å². The number of amides is 1. The maximum Gasteiger partial charge on any atom is 0.319 e. The molecule has 94 valence electrons. The van der Waals surface area contributed by atoms with Gasteiger partial charge in [0, 0.05) is 19.5 Å². The van der Waals surface area contributed by atoms with E-state index < -0.39 is 11.9 Å². The van der Waals surface area contributed by atoms with Crippen molar-refractivity contribution < 1.29 is 13.9 Å². The van der Waals surface area contributed by atoms with E-state index >= 15 is 0 Å². The molecule has 1 atom stereocenters. The third-order valence-electron chi connectivity index (χ3n) is 2.52. The Hall–Kier alpha value is -1.67. The van der Waals surface area contributed by atoms with Crippen LogP contribution in [0.2, 0.25) is 0 Å². The summed E-state index contributed by atoms with van der Waals surface area (Å²) in [5.74, 6) is -0.0134. The highest BCUT2D eigenvalue weighted by Crippen LogP contribution is 2.18. The van der Waals surface area contributed by atoms with Crippen molar-refractivity contribution in [1.82, 2.24) is 10.2 Å². The van der Waals surface area contributed by atoms with E-state index in [4.69, 9.17) is 20.6 Å². The summed E-state index contributed by atoms with van der Waals surface area (Å²) in [6.45, 7) is 1.67. The maximum atomic E-state index is 11.3. The number of nitrogens with two attached hydrogens (primary N) is 2. The molecule has 0 aromatic carbocycles. The fraction of sp³-hybridized carbons (Fsp3) is 0.667. The highest BCUT2D eigenvalue weighted by Gasteiger charge is 2.31. The molecule has 0 bridgehead atoms. The van der Waals surface area contributed by atoms with Crippen LogP contribution in [0.5, 0.6) is 0 Å². The number of hydrogen-bond donors (Lipinski definition) is 2. The zero-order chi connectivity index (χ0) is 12.3. The number of carbonyl (C=O) groups is 1. The molecule has 0 aliphatic carbocycles. The standard InChI is InChI=1S/C9H15N5O3/c10-2-1-7-12-13-9(17-7)14-3-4-16-5-6(14)8(11)15/h6H,1-5,10H2,(H2,11,15). The first kappa shape index (κ1) is 11.8. The van der Waals surface area contributed by atoms with E-state index in [2.05, 4.69) is 10.2 Å². The van der Waals surface area contributed by atoms with E-state index in [0.717, 1.165) is 0 Å². The van der Waals surface area contributed by atoms with Crippen LogP contribution in [0.3, 0.4) is 0 Å². The first-order chi connectivity index (χ1) is 8.22. The predicted molar refractivity (Wildman–Crippen MR) is 58.2 cm³/mol. The first-order valence-corrected chi connectivity index (χ1v) is 5.38. The van der Waals surface area contributed by atoms with Gasteiger partial charge in [0.05, 0.1) is 13.2 Å². The van der Waals surface area contributed by atoms with Crippen LogP contribution in [-0.2, 0) is 16.0 Å². The van der Waals surface area contributed by atoms with Gasteiger partial charge in [-0.1, -0.05) is 5.10 Å². The summed E-state index contributed by atoms with van der Waals surface area (Å²) >= 11 is 0. The average molecular weight is 241 g/mol. The molecule has 1 saturated heterocycles. The summed E-state index contributed by atoms with van der Waals surface area (Å²) in [5, 5.41) is 7.73. The number of rotatable bonds is 4. The molecule has 1 amide bonds. The Morgan fingerprint density at radius 3 is 3.06 bits per heavy atom. The molecular formula is C9H15N5O3. The molecule has 1 aliphatic heterocycles. The Kier molecular flexibility index (Phi) is 3.55. The number of carbonyl (C=O) groups excluding carboxylic acids is 1. The van der Waals surface area contributed by atoms with Gasteiger partial charge < -0.3 is 25.5 Å². The van der Waals surface area contributed by atoms with Crippen LogP contribution in [0.25, 0.3) is 0 Å². The second kappa shape index (κ2) is 5.11. The molecule has 1 unspecified atom stereocenters. The summed E-state index contributed by atoms with van der Waals surface area (Å²) < 4.78 is 10.6. The fourth-order valence-corrected chi connectivity index (χ4v) is 1.65. The molecule has 2 rings (SSSR count). The molecule has 0 saturated carbocycles. The molecular weight excluding hydrogens is 226 g/mol. The molecule has 0 spiro atoms. The maximum absolute atomic E-state index is 11.3. The molecule has 1 aliphatic rings. The van der Waals surface area contributed by atoms with Crippen molar-refractivity contribution in [1.29, 1.82) is 0 Å². The van der Waals surface area contributed by atoms with Crippen LogP contribution in [0.1, 0.15) is 5.89 Å². The minimum absolute atomic E-state index is 0.240. The number of ether oxygens (including phenoxy) is 1. The van der Waals surface area contributed by atoms with Crippen molar-refractivity contribution >= 4 is 11.9 Å². The first-order valence-electron chi connectivity index (χ1n) is 5.38. The van der Waals surface area contributed by atoms with E-state index in [1.165, 1.54) is 0 Å². The lowest BCUT2D eigenvalue weighted by Crippen LogP contribution is -2.52. The largest absolute Gasteiger partial charge is 0.408 e. The molecule has 8 nitrogen and oxygen atoms in total. The smallest absolute Gasteiger partial charge is 0.319 e. The lowest BCUT2D eigenvalue weighted by atomic mass is 10.2. The van der Waals surface area contributed by atoms with Gasteiger partial charge in [0.25, 0.3) is 0 Å². The minimum Gasteiger partial charge on any atom is -0.408 e. The van der Waals surface area contributed by atoms with Crippen molar-refractivity contribution in [3.63, 3.8) is 0 Å². The highest BCUT2D eigenvalue weighted by molar-refractivity contribution is 5.83. The molecule has 17 heavy (non-hydrogen) atoms. The Bertz CT molecular complexity index is 394. The second-order valence-electron chi connectivity index (χ2n) is 3.70. The highest BCUT2D eigenvalue weighted by atomic mass is 16.5.